The highest BCUT2D eigenvalue weighted by Gasteiger charge is 2.04. The van der Waals surface area contributed by atoms with Gasteiger partial charge in [-0.25, -0.2) is 9.48 Å². The Morgan fingerprint density at radius 2 is 1.77 bits per heavy atom. The molecule has 10 heteroatoms. The van der Waals surface area contributed by atoms with Gasteiger partial charge in [-0.1, -0.05) is 12.1 Å². The predicted octanol–water partition coefficient (Wildman–Crippen LogP) is 0.553. The number of rotatable bonds is 15. The fourth-order valence-corrected chi connectivity index (χ4v) is 1.75. The fourth-order valence-electron chi connectivity index (χ4n) is 1.75. The van der Waals surface area contributed by atoms with Crippen LogP contribution in [-0.4, -0.2) is 73.1 Å². The zero-order chi connectivity index (χ0) is 19.0. The molecule has 10 nitrogen and oxygen atoms in total. The number of carbonyl (C=O) groups excluding carboxylic acids is 2. The maximum atomic E-state index is 11.3. The summed E-state index contributed by atoms with van der Waals surface area (Å²) in [5.41, 5.74) is 0.646. The highest BCUT2D eigenvalue weighted by Crippen LogP contribution is 1.94. The summed E-state index contributed by atoms with van der Waals surface area (Å²) in [4.78, 5) is 22.0. The topological polar surface area (TPSA) is 114 Å². The Bertz CT molecular complexity index is 523. The average Bonchev–Trinajstić information content (AvgIpc) is 3.07. The lowest BCUT2D eigenvalue weighted by atomic mass is 10.5. The molecule has 148 valence electrons. The van der Waals surface area contributed by atoms with Crippen LogP contribution >= 0.6 is 0 Å². The van der Waals surface area contributed by atoms with Gasteiger partial charge >= 0.3 is 6.09 Å². The van der Waals surface area contributed by atoms with Crippen LogP contribution in [0.4, 0.5) is 4.79 Å². The molecule has 0 aliphatic rings. The monoisotopic (exact) mass is 372 g/mol. The van der Waals surface area contributed by atoms with Crippen LogP contribution in [0.15, 0.2) is 6.20 Å². The van der Waals surface area contributed by atoms with Gasteiger partial charge in [-0.2, -0.15) is 0 Å². The third-order valence-electron chi connectivity index (χ3n) is 2.95. The molecule has 0 saturated heterocycles. The summed E-state index contributed by atoms with van der Waals surface area (Å²) in [6.45, 7) is 6.94. The first-order valence-electron chi connectivity index (χ1n) is 8.64. The molecule has 1 amide bonds. The summed E-state index contributed by atoms with van der Waals surface area (Å²) in [5, 5.41) is 10.5. The van der Waals surface area contributed by atoms with Gasteiger partial charge in [0.25, 0.3) is 0 Å². The van der Waals surface area contributed by atoms with Crippen molar-refractivity contribution in [2.45, 2.75) is 33.4 Å². The number of hydrogen-bond donors (Lipinski definition) is 1. The summed E-state index contributed by atoms with van der Waals surface area (Å²) >= 11 is 0. The first-order chi connectivity index (χ1) is 12.6. The van der Waals surface area contributed by atoms with Gasteiger partial charge in [0.05, 0.1) is 58.9 Å². The van der Waals surface area contributed by atoms with Crippen molar-refractivity contribution < 1.29 is 28.5 Å². The van der Waals surface area contributed by atoms with Crippen molar-refractivity contribution in [1.29, 1.82) is 0 Å². The van der Waals surface area contributed by atoms with E-state index in [0.717, 1.165) is 6.42 Å². The van der Waals surface area contributed by atoms with Crippen LogP contribution < -0.4 is 5.32 Å². The van der Waals surface area contributed by atoms with Gasteiger partial charge in [0, 0.05) is 0 Å². The Balaban J connectivity index is 1.99. The molecule has 0 radical (unpaired) electrons. The average molecular weight is 372 g/mol. The normalized spacial score (nSPS) is 10.7. The highest BCUT2D eigenvalue weighted by molar-refractivity contribution is 5.76. The molecule has 0 aliphatic carbocycles. The van der Waals surface area contributed by atoms with Crippen LogP contribution in [0.5, 0.6) is 0 Å². The molecular formula is C16H28N4O6. The molecule has 0 fully saturated rings. The van der Waals surface area contributed by atoms with Crippen molar-refractivity contribution >= 4 is 11.9 Å². The fraction of sp³-hybridized carbons (Fsp3) is 0.750. The van der Waals surface area contributed by atoms with Crippen LogP contribution in [0.2, 0.25) is 0 Å². The third-order valence-corrected chi connectivity index (χ3v) is 2.95. The van der Waals surface area contributed by atoms with Crippen LogP contribution in [0.25, 0.3) is 0 Å². The second-order valence-electron chi connectivity index (χ2n) is 5.44. The number of hydrogen-bond acceptors (Lipinski definition) is 8. The molecular weight excluding hydrogens is 344 g/mol. The number of nitrogens with one attached hydrogen (secondary N) is 1. The molecule has 0 saturated carbocycles. The molecule has 0 unspecified atom stereocenters. The number of nitrogens with zero attached hydrogens (tertiary/aromatic N) is 3. The molecule has 1 rings (SSSR count). The molecule has 1 aromatic heterocycles. The zero-order valence-corrected chi connectivity index (χ0v) is 15.4. The van der Waals surface area contributed by atoms with E-state index in [1.165, 1.54) is 6.92 Å². The Hall–Kier alpha value is -2.04. The maximum Gasteiger partial charge on any atom is 0.407 e. The van der Waals surface area contributed by atoms with E-state index in [9.17, 15) is 9.59 Å². The van der Waals surface area contributed by atoms with Crippen molar-refractivity contribution in [2.24, 2.45) is 0 Å². The van der Waals surface area contributed by atoms with Crippen LogP contribution in [0, 0.1) is 0 Å². The van der Waals surface area contributed by atoms with Crippen LogP contribution in [0.1, 0.15) is 26.0 Å². The predicted molar refractivity (Wildman–Crippen MR) is 91.6 cm³/mol. The highest BCUT2D eigenvalue weighted by atomic mass is 16.6. The summed E-state index contributed by atoms with van der Waals surface area (Å²) < 4.78 is 22.4. The Labute approximate surface area is 153 Å². The Morgan fingerprint density at radius 1 is 1.08 bits per heavy atom. The number of aromatic nitrogens is 3. The Morgan fingerprint density at radius 3 is 2.46 bits per heavy atom. The zero-order valence-electron chi connectivity index (χ0n) is 15.4. The van der Waals surface area contributed by atoms with Crippen LogP contribution in [0.3, 0.4) is 0 Å². The minimum Gasteiger partial charge on any atom is -0.450 e. The molecule has 0 spiro atoms. The first kappa shape index (κ1) is 22.0. The molecule has 1 heterocycles. The van der Waals surface area contributed by atoms with Gasteiger partial charge < -0.3 is 24.3 Å². The van der Waals surface area contributed by atoms with Gasteiger partial charge in [-0.3, -0.25) is 4.79 Å². The van der Waals surface area contributed by atoms with E-state index < -0.39 is 6.09 Å². The minimum absolute atomic E-state index is 0.00295. The maximum absolute atomic E-state index is 11.3. The molecule has 1 aromatic rings. The summed E-state index contributed by atoms with van der Waals surface area (Å²) in [5.74, 6) is -0.00295. The molecule has 26 heavy (non-hydrogen) atoms. The van der Waals surface area contributed by atoms with Crippen molar-refractivity contribution in [3.63, 3.8) is 0 Å². The third kappa shape index (κ3) is 11.5. The molecule has 0 bridgehead atoms. The minimum atomic E-state index is -0.462. The van der Waals surface area contributed by atoms with Crippen LogP contribution in [-0.2, 0) is 36.8 Å². The summed E-state index contributed by atoms with van der Waals surface area (Å²) in [6.07, 6.45) is 2.06. The van der Waals surface area contributed by atoms with Crippen molar-refractivity contribution in [3.8, 4) is 0 Å². The van der Waals surface area contributed by atoms with E-state index in [2.05, 4.69) is 15.6 Å². The van der Waals surface area contributed by atoms with Crippen molar-refractivity contribution in [1.82, 2.24) is 20.3 Å². The van der Waals surface area contributed by atoms with Crippen molar-refractivity contribution in [3.05, 3.63) is 11.9 Å². The van der Waals surface area contributed by atoms with E-state index in [1.807, 2.05) is 6.92 Å². The lowest BCUT2D eigenvalue weighted by Crippen LogP contribution is -2.24. The Kier molecular flexibility index (Phi) is 12.0. The molecule has 0 aromatic carbocycles. The number of ketones is 1. The number of Topliss-reactive ketones (excluding diaryl/α,β-unsaturated/α-hetero) is 1. The van der Waals surface area contributed by atoms with E-state index in [0.29, 0.717) is 51.9 Å². The quantitative estimate of drug-likeness (QED) is 0.444. The largest absolute Gasteiger partial charge is 0.450 e. The number of carbonyl (C=O) groups is 2. The lowest BCUT2D eigenvalue weighted by Gasteiger charge is -2.06. The standard InChI is InChI=1S/C16H28N4O6/c1-3-5-26-16(22)17-11-15-12-20(19-18-15)4-6-23-7-8-24-9-10-25-13-14(2)21/h12H,3-11,13H2,1-2H3,(H,17,22). The number of ether oxygens (including phenoxy) is 4. The molecule has 0 atom stereocenters. The van der Waals surface area contributed by atoms with E-state index in [1.54, 1.807) is 10.9 Å². The number of amides is 1. The van der Waals surface area contributed by atoms with E-state index in [-0.39, 0.29) is 18.9 Å². The van der Waals surface area contributed by atoms with E-state index in [4.69, 9.17) is 18.9 Å². The number of alkyl carbamates (subject to hydrolysis) is 1. The van der Waals surface area contributed by atoms with Gasteiger partial charge in [-0.15, -0.1) is 5.10 Å². The smallest absolute Gasteiger partial charge is 0.407 e. The lowest BCUT2D eigenvalue weighted by molar-refractivity contribution is -0.122. The van der Waals surface area contributed by atoms with Crippen molar-refractivity contribution in [2.75, 3.05) is 46.2 Å². The molecule has 1 N–H and O–H groups in total. The van der Waals surface area contributed by atoms with Gasteiger partial charge in [0.15, 0.2) is 5.78 Å². The second-order valence-corrected chi connectivity index (χ2v) is 5.44. The summed E-state index contributed by atoms with van der Waals surface area (Å²) in [6, 6.07) is 0. The van der Waals surface area contributed by atoms with Gasteiger partial charge in [-0.05, 0) is 13.3 Å². The SMILES string of the molecule is CCCOC(=O)NCc1cn(CCOCCOCCOCC(C)=O)nn1. The van der Waals surface area contributed by atoms with Gasteiger partial charge in [0.2, 0.25) is 0 Å². The summed E-state index contributed by atoms with van der Waals surface area (Å²) in [7, 11) is 0. The molecule has 0 aliphatic heterocycles. The first-order valence-corrected chi connectivity index (χ1v) is 8.64. The van der Waals surface area contributed by atoms with E-state index >= 15 is 0 Å². The second kappa shape index (κ2) is 14.2. The van der Waals surface area contributed by atoms with Gasteiger partial charge in [0.1, 0.15) is 12.3 Å².